The first-order chi connectivity index (χ1) is 12.3. The number of esters is 1. The number of nitrogens with zero attached hydrogens (tertiary/aromatic N) is 1. The maximum atomic E-state index is 14.5. The summed E-state index contributed by atoms with van der Waals surface area (Å²) in [6.07, 6.45) is 0. The Labute approximate surface area is 150 Å². The maximum Gasteiger partial charge on any atom is 0.338 e. The van der Waals surface area contributed by atoms with E-state index in [1.54, 1.807) is 32.9 Å². The first kappa shape index (κ1) is 18.0. The van der Waals surface area contributed by atoms with E-state index in [4.69, 9.17) is 4.74 Å². The zero-order valence-electron chi connectivity index (χ0n) is 14.8. The predicted molar refractivity (Wildman–Crippen MR) is 93.0 cm³/mol. The molecular formula is C20H19F2NO3. The molecule has 0 radical (unpaired) electrons. The molecule has 6 heteroatoms. The van der Waals surface area contributed by atoms with Crippen molar-refractivity contribution in [1.82, 2.24) is 0 Å². The number of carbonyl (C=O) groups excluding carboxylic acids is 2. The van der Waals surface area contributed by atoms with Crippen LogP contribution in [0.15, 0.2) is 36.4 Å². The number of rotatable bonds is 4. The van der Waals surface area contributed by atoms with Crippen LogP contribution in [0, 0.1) is 11.6 Å². The highest BCUT2D eigenvalue weighted by atomic mass is 19.2. The van der Waals surface area contributed by atoms with Crippen LogP contribution in [-0.2, 0) is 21.5 Å². The smallest absolute Gasteiger partial charge is 0.338 e. The van der Waals surface area contributed by atoms with E-state index >= 15 is 0 Å². The first-order valence-electron chi connectivity index (χ1n) is 8.34. The van der Waals surface area contributed by atoms with Gasteiger partial charge >= 0.3 is 5.97 Å². The van der Waals surface area contributed by atoms with Crippen molar-refractivity contribution in [2.45, 2.75) is 32.7 Å². The molecular weight excluding hydrogens is 340 g/mol. The average Bonchev–Trinajstić information content (AvgIpc) is 2.80. The van der Waals surface area contributed by atoms with Crippen LogP contribution in [0.2, 0.25) is 0 Å². The van der Waals surface area contributed by atoms with Gasteiger partial charge in [-0.25, -0.2) is 13.6 Å². The van der Waals surface area contributed by atoms with E-state index in [1.165, 1.54) is 11.0 Å². The Bertz CT molecular complexity index is 893. The predicted octanol–water partition coefficient (Wildman–Crippen LogP) is 3.97. The van der Waals surface area contributed by atoms with E-state index < -0.39 is 23.0 Å². The molecule has 4 nitrogen and oxygen atoms in total. The number of ether oxygens (including phenoxy) is 1. The van der Waals surface area contributed by atoms with Gasteiger partial charge in [0.15, 0.2) is 11.6 Å². The minimum absolute atomic E-state index is 0.0827. The van der Waals surface area contributed by atoms with Gasteiger partial charge in [0.2, 0.25) is 5.91 Å². The third-order valence-corrected chi connectivity index (χ3v) is 4.66. The van der Waals surface area contributed by atoms with E-state index in [-0.39, 0.29) is 30.2 Å². The normalized spacial score (nSPS) is 15.1. The molecule has 0 fully saturated rings. The van der Waals surface area contributed by atoms with Crippen molar-refractivity contribution in [1.29, 1.82) is 0 Å². The Hall–Kier alpha value is -2.76. The van der Waals surface area contributed by atoms with Crippen molar-refractivity contribution >= 4 is 17.6 Å². The Morgan fingerprint density at radius 3 is 2.54 bits per heavy atom. The molecule has 1 amide bonds. The summed E-state index contributed by atoms with van der Waals surface area (Å²) in [5.41, 5.74) is 0.371. The molecule has 0 unspecified atom stereocenters. The molecule has 0 bridgehead atoms. The SMILES string of the molecule is CCOC(=O)c1ccc(F)c(F)c1CN1C(=O)C(C)(C)c2ccccc21. The van der Waals surface area contributed by atoms with Gasteiger partial charge in [0, 0.05) is 11.3 Å². The summed E-state index contributed by atoms with van der Waals surface area (Å²) in [5.74, 6) is -3.21. The Kier molecular flexibility index (Phi) is 4.52. The van der Waals surface area contributed by atoms with Gasteiger partial charge in [-0.3, -0.25) is 4.79 Å². The largest absolute Gasteiger partial charge is 0.462 e. The molecule has 0 atom stereocenters. The first-order valence-corrected chi connectivity index (χ1v) is 8.34. The van der Waals surface area contributed by atoms with Gasteiger partial charge in [0.05, 0.1) is 24.1 Å². The van der Waals surface area contributed by atoms with Gasteiger partial charge in [-0.15, -0.1) is 0 Å². The third kappa shape index (κ3) is 2.75. The molecule has 1 aliphatic rings. The zero-order chi connectivity index (χ0) is 19.1. The van der Waals surface area contributed by atoms with Crippen LogP contribution >= 0.6 is 0 Å². The number of benzene rings is 2. The van der Waals surface area contributed by atoms with Crippen molar-refractivity contribution in [2.24, 2.45) is 0 Å². The molecule has 1 aliphatic heterocycles. The Balaban J connectivity index is 2.08. The van der Waals surface area contributed by atoms with Crippen LogP contribution in [0.4, 0.5) is 14.5 Å². The summed E-state index contributed by atoms with van der Waals surface area (Å²) >= 11 is 0. The standard InChI is InChI=1S/C20H19F2NO3/c1-4-26-18(24)12-9-10-15(21)17(22)13(12)11-23-16-8-6-5-7-14(16)20(2,3)19(23)25/h5-10H,4,11H2,1-3H3. The molecule has 0 saturated heterocycles. The minimum atomic E-state index is -1.15. The fourth-order valence-corrected chi connectivity index (χ4v) is 3.26. The number of carbonyl (C=O) groups is 2. The molecule has 0 saturated carbocycles. The van der Waals surface area contributed by atoms with Gasteiger partial charge in [0.25, 0.3) is 0 Å². The van der Waals surface area contributed by atoms with Gasteiger partial charge in [-0.05, 0) is 44.5 Å². The second-order valence-corrected chi connectivity index (χ2v) is 6.64. The summed E-state index contributed by atoms with van der Waals surface area (Å²) in [4.78, 5) is 26.4. The van der Waals surface area contributed by atoms with Gasteiger partial charge in [-0.1, -0.05) is 18.2 Å². The molecule has 2 aromatic carbocycles. The van der Waals surface area contributed by atoms with E-state index in [9.17, 15) is 18.4 Å². The summed E-state index contributed by atoms with van der Waals surface area (Å²) in [7, 11) is 0. The topological polar surface area (TPSA) is 46.6 Å². The average molecular weight is 359 g/mol. The van der Waals surface area contributed by atoms with Crippen LogP contribution in [-0.4, -0.2) is 18.5 Å². The summed E-state index contributed by atoms with van der Waals surface area (Å²) in [6.45, 7) is 5.04. The van der Waals surface area contributed by atoms with Gasteiger partial charge in [0.1, 0.15) is 0 Å². The number of anilines is 1. The second kappa shape index (κ2) is 6.52. The highest BCUT2D eigenvalue weighted by Crippen LogP contribution is 2.42. The molecule has 2 aromatic rings. The van der Waals surface area contributed by atoms with Crippen LogP contribution in [0.3, 0.4) is 0 Å². The number of amides is 1. The van der Waals surface area contributed by atoms with Crippen molar-refractivity contribution in [3.05, 3.63) is 64.7 Å². The number of hydrogen-bond acceptors (Lipinski definition) is 3. The third-order valence-electron chi connectivity index (χ3n) is 4.66. The molecule has 0 spiro atoms. The highest BCUT2D eigenvalue weighted by molar-refractivity contribution is 6.07. The molecule has 26 heavy (non-hydrogen) atoms. The maximum absolute atomic E-state index is 14.5. The second-order valence-electron chi connectivity index (χ2n) is 6.64. The lowest BCUT2D eigenvalue weighted by molar-refractivity contribution is -0.122. The Morgan fingerprint density at radius 1 is 1.15 bits per heavy atom. The summed E-state index contributed by atoms with van der Waals surface area (Å²) in [5, 5.41) is 0. The Morgan fingerprint density at radius 2 is 1.85 bits per heavy atom. The van der Waals surface area contributed by atoms with E-state index in [1.807, 2.05) is 12.1 Å². The van der Waals surface area contributed by atoms with Crippen molar-refractivity contribution < 1.29 is 23.1 Å². The van der Waals surface area contributed by atoms with Crippen molar-refractivity contribution in [2.75, 3.05) is 11.5 Å². The molecule has 3 rings (SSSR count). The lowest BCUT2D eigenvalue weighted by Crippen LogP contribution is -2.36. The molecule has 0 aromatic heterocycles. The molecule has 1 heterocycles. The van der Waals surface area contributed by atoms with Gasteiger partial charge < -0.3 is 9.64 Å². The fourth-order valence-electron chi connectivity index (χ4n) is 3.26. The van der Waals surface area contributed by atoms with Crippen LogP contribution in [0.5, 0.6) is 0 Å². The number of para-hydroxylation sites is 1. The van der Waals surface area contributed by atoms with Crippen molar-refractivity contribution in [3.8, 4) is 0 Å². The number of fused-ring (bicyclic) bond motifs is 1. The summed E-state index contributed by atoms with van der Waals surface area (Å²) in [6, 6.07) is 9.25. The van der Waals surface area contributed by atoms with E-state index in [2.05, 4.69) is 0 Å². The number of halogens is 2. The van der Waals surface area contributed by atoms with E-state index in [0.29, 0.717) is 5.69 Å². The van der Waals surface area contributed by atoms with Crippen LogP contribution in [0.25, 0.3) is 0 Å². The molecule has 136 valence electrons. The number of hydrogen-bond donors (Lipinski definition) is 0. The summed E-state index contributed by atoms with van der Waals surface area (Å²) < 4.78 is 33.2. The van der Waals surface area contributed by atoms with Crippen LogP contribution < -0.4 is 4.90 Å². The molecule has 0 N–H and O–H groups in total. The minimum Gasteiger partial charge on any atom is -0.462 e. The highest BCUT2D eigenvalue weighted by Gasteiger charge is 2.44. The molecule has 0 aliphatic carbocycles. The van der Waals surface area contributed by atoms with Crippen LogP contribution in [0.1, 0.15) is 42.3 Å². The van der Waals surface area contributed by atoms with E-state index in [0.717, 1.165) is 11.6 Å². The fraction of sp³-hybridized carbons (Fsp3) is 0.300. The lowest BCUT2D eigenvalue weighted by Gasteiger charge is -2.22. The zero-order valence-corrected chi connectivity index (χ0v) is 14.8. The van der Waals surface area contributed by atoms with Gasteiger partial charge in [-0.2, -0.15) is 0 Å². The van der Waals surface area contributed by atoms with Crippen molar-refractivity contribution in [3.63, 3.8) is 0 Å². The monoisotopic (exact) mass is 359 g/mol. The quantitative estimate of drug-likeness (QED) is 0.776. The lowest BCUT2D eigenvalue weighted by atomic mass is 9.86.